The van der Waals surface area contributed by atoms with Gasteiger partial charge in [-0.05, 0) is 43.7 Å². The monoisotopic (exact) mass is 313 g/mol. The van der Waals surface area contributed by atoms with Crippen molar-refractivity contribution in [3.63, 3.8) is 0 Å². The number of halogens is 1. The molecule has 2 aromatic heterocycles. The molecule has 1 aliphatic rings. The van der Waals surface area contributed by atoms with Gasteiger partial charge in [0.25, 0.3) is 0 Å². The molecule has 4 rings (SSSR count). The van der Waals surface area contributed by atoms with Crippen LogP contribution < -0.4 is 5.32 Å². The average molecular weight is 314 g/mol. The van der Waals surface area contributed by atoms with Gasteiger partial charge in [0.15, 0.2) is 11.5 Å². The molecule has 0 radical (unpaired) electrons. The van der Waals surface area contributed by atoms with E-state index in [2.05, 4.69) is 15.5 Å². The van der Waals surface area contributed by atoms with Crippen LogP contribution in [0.5, 0.6) is 0 Å². The van der Waals surface area contributed by atoms with Crippen molar-refractivity contribution < 1.29 is 0 Å². The van der Waals surface area contributed by atoms with Crippen LogP contribution in [-0.4, -0.2) is 26.4 Å². The molecule has 1 fully saturated rings. The van der Waals surface area contributed by atoms with Crippen LogP contribution >= 0.6 is 11.6 Å². The molecule has 1 aliphatic heterocycles. The van der Waals surface area contributed by atoms with Crippen molar-refractivity contribution in [3.8, 4) is 11.3 Å². The lowest BCUT2D eigenvalue weighted by Crippen LogP contribution is -2.28. The van der Waals surface area contributed by atoms with Gasteiger partial charge in [0.2, 0.25) is 0 Å². The molecule has 3 aromatic rings. The van der Waals surface area contributed by atoms with Gasteiger partial charge in [-0.25, -0.2) is 0 Å². The summed E-state index contributed by atoms with van der Waals surface area (Å²) < 4.78 is 1.85. The third-order valence-electron chi connectivity index (χ3n) is 4.05. The Balaban J connectivity index is 1.77. The number of nitrogens with one attached hydrogen (secondary N) is 1. The van der Waals surface area contributed by atoms with Crippen LogP contribution in [0.4, 0.5) is 0 Å². The van der Waals surface area contributed by atoms with Crippen LogP contribution in [0.15, 0.2) is 36.4 Å². The first-order valence-corrected chi connectivity index (χ1v) is 7.91. The van der Waals surface area contributed by atoms with Gasteiger partial charge < -0.3 is 5.32 Å². The fourth-order valence-electron chi connectivity index (χ4n) is 2.87. The lowest BCUT2D eigenvalue weighted by atomic mass is 10.0. The topological polar surface area (TPSA) is 55.1 Å². The molecule has 1 N–H and O–H groups in total. The van der Waals surface area contributed by atoms with E-state index in [0.29, 0.717) is 0 Å². The van der Waals surface area contributed by atoms with E-state index in [1.54, 1.807) is 0 Å². The fraction of sp³-hybridized carbons (Fsp3) is 0.312. The van der Waals surface area contributed by atoms with Crippen LogP contribution in [0.1, 0.15) is 31.1 Å². The molecule has 0 amide bonds. The Morgan fingerprint density at radius 2 is 1.91 bits per heavy atom. The summed E-state index contributed by atoms with van der Waals surface area (Å²) in [6.07, 6.45) is 3.51. The summed E-state index contributed by atoms with van der Waals surface area (Å²) in [6.45, 7) is 1.02. The molecular weight excluding hydrogens is 298 g/mol. The molecule has 0 spiro atoms. The second kappa shape index (κ2) is 5.66. The molecule has 22 heavy (non-hydrogen) atoms. The predicted octanol–water partition coefficient (Wildman–Crippen LogP) is 3.26. The molecule has 5 nitrogen and oxygen atoms in total. The van der Waals surface area contributed by atoms with Gasteiger partial charge in [-0.15, -0.1) is 10.2 Å². The molecular formula is C16H16ClN5. The van der Waals surface area contributed by atoms with Crippen molar-refractivity contribution in [3.05, 3.63) is 47.2 Å². The number of piperidine rings is 1. The summed E-state index contributed by atoms with van der Waals surface area (Å²) in [5.41, 5.74) is 2.70. The first-order valence-electron chi connectivity index (χ1n) is 7.53. The molecule has 1 atom stereocenters. The molecule has 1 aromatic carbocycles. The molecule has 1 saturated heterocycles. The maximum absolute atomic E-state index is 5.95. The van der Waals surface area contributed by atoms with Gasteiger partial charge in [0, 0.05) is 10.6 Å². The van der Waals surface area contributed by atoms with Gasteiger partial charge in [-0.2, -0.15) is 9.61 Å². The highest BCUT2D eigenvalue weighted by Gasteiger charge is 2.21. The summed E-state index contributed by atoms with van der Waals surface area (Å²) >= 11 is 5.95. The molecule has 0 saturated carbocycles. The van der Waals surface area contributed by atoms with Crippen LogP contribution in [0.2, 0.25) is 5.02 Å². The van der Waals surface area contributed by atoms with Crippen LogP contribution in [0.3, 0.4) is 0 Å². The average Bonchev–Trinajstić information content (AvgIpc) is 2.99. The highest BCUT2D eigenvalue weighted by molar-refractivity contribution is 6.30. The normalized spacial score (nSPS) is 18.7. The van der Waals surface area contributed by atoms with Gasteiger partial charge in [-0.3, -0.25) is 0 Å². The van der Waals surface area contributed by atoms with Gasteiger partial charge >= 0.3 is 0 Å². The lowest BCUT2D eigenvalue weighted by Gasteiger charge is -2.21. The molecule has 0 unspecified atom stereocenters. The zero-order valence-corrected chi connectivity index (χ0v) is 12.8. The molecule has 0 bridgehead atoms. The molecule has 3 heterocycles. The van der Waals surface area contributed by atoms with E-state index in [4.69, 9.17) is 16.7 Å². The van der Waals surface area contributed by atoms with Crippen LogP contribution in [0.25, 0.3) is 16.9 Å². The van der Waals surface area contributed by atoms with Crippen molar-refractivity contribution >= 4 is 17.2 Å². The predicted molar refractivity (Wildman–Crippen MR) is 85.8 cm³/mol. The number of fused-ring (bicyclic) bond motifs is 1. The molecule has 0 aliphatic carbocycles. The Morgan fingerprint density at radius 1 is 1.05 bits per heavy atom. The van der Waals surface area contributed by atoms with Crippen molar-refractivity contribution in [2.75, 3.05) is 6.54 Å². The minimum atomic E-state index is 0.233. The SMILES string of the molecule is Clc1ccc(-c2ccc3nnc([C@@H]4CCCCN4)n3n2)cc1. The minimum absolute atomic E-state index is 0.233. The minimum Gasteiger partial charge on any atom is -0.307 e. The van der Waals surface area contributed by atoms with E-state index in [1.165, 1.54) is 12.8 Å². The van der Waals surface area contributed by atoms with E-state index >= 15 is 0 Å². The quantitative estimate of drug-likeness (QED) is 0.789. The highest BCUT2D eigenvalue weighted by Crippen LogP contribution is 2.24. The zero-order valence-electron chi connectivity index (χ0n) is 12.0. The maximum atomic E-state index is 5.95. The summed E-state index contributed by atoms with van der Waals surface area (Å²) in [5.74, 6) is 0.894. The van der Waals surface area contributed by atoms with E-state index in [1.807, 2.05) is 40.9 Å². The van der Waals surface area contributed by atoms with Crippen molar-refractivity contribution in [1.82, 2.24) is 25.1 Å². The number of nitrogens with zero attached hydrogens (tertiary/aromatic N) is 4. The van der Waals surface area contributed by atoms with E-state index < -0.39 is 0 Å². The zero-order chi connectivity index (χ0) is 14.9. The summed E-state index contributed by atoms with van der Waals surface area (Å²) in [6, 6.07) is 11.8. The number of aromatic nitrogens is 4. The fourth-order valence-corrected chi connectivity index (χ4v) is 3.00. The molecule has 112 valence electrons. The standard InChI is InChI=1S/C16H16ClN5/c17-12-6-4-11(5-7-12)13-8-9-15-19-20-16(22(15)21-13)14-3-1-2-10-18-14/h4-9,14,18H,1-3,10H2/t14-/m0/s1. The lowest BCUT2D eigenvalue weighted by molar-refractivity contribution is 0.392. The number of rotatable bonds is 2. The summed E-state index contributed by atoms with van der Waals surface area (Å²) in [5, 5.41) is 17.5. The van der Waals surface area contributed by atoms with E-state index in [9.17, 15) is 0 Å². The smallest absolute Gasteiger partial charge is 0.178 e. The van der Waals surface area contributed by atoms with Gasteiger partial charge in [0.1, 0.15) is 0 Å². The second-order valence-corrected chi connectivity index (χ2v) is 5.99. The second-order valence-electron chi connectivity index (χ2n) is 5.56. The highest BCUT2D eigenvalue weighted by atomic mass is 35.5. The maximum Gasteiger partial charge on any atom is 0.178 e. The van der Waals surface area contributed by atoms with E-state index in [0.717, 1.165) is 40.7 Å². The Morgan fingerprint density at radius 3 is 2.68 bits per heavy atom. The van der Waals surface area contributed by atoms with Crippen LogP contribution in [0, 0.1) is 0 Å². The first kappa shape index (κ1) is 13.7. The van der Waals surface area contributed by atoms with Crippen molar-refractivity contribution in [2.45, 2.75) is 25.3 Å². The Hall–Kier alpha value is -1.98. The Labute approximate surface area is 133 Å². The summed E-state index contributed by atoms with van der Waals surface area (Å²) in [7, 11) is 0. The first-order chi connectivity index (χ1) is 10.8. The van der Waals surface area contributed by atoms with Crippen LogP contribution in [-0.2, 0) is 0 Å². The van der Waals surface area contributed by atoms with E-state index in [-0.39, 0.29) is 6.04 Å². The third-order valence-corrected chi connectivity index (χ3v) is 4.30. The summed E-state index contributed by atoms with van der Waals surface area (Å²) in [4.78, 5) is 0. The largest absolute Gasteiger partial charge is 0.307 e. The number of benzene rings is 1. The third kappa shape index (κ3) is 2.46. The van der Waals surface area contributed by atoms with Crippen molar-refractivity contribution in [2.24, 2.45) is 0 Å². The Bertz CT molecular complexity index is 790. The number of hydrogen-bond acceptors (Lipinski definition) is 4. The van der Waals surface area contributed by atoms with Gasteiger partial charge in [0.05, 0.1) is 11.7 Å². The number of hydrogen-bond donors (Lipinski definition) is 1. The van der Waals surface area contributed by atoms with Crippen molar-refractivity contribution in [1.29, 1.82) is 0 Å². The van der Waals surface area contributed by atoms with Gasteiger partial charge in [-0.1, -0.05) is 30.2 Å². The Kier molecular flexibility index (Phi) is 3.52. The molecule has 6 heteroatoms.